The number of nitrogens with two attached hydrogens (primary N) is 1. The number of methoxy groups -OCH3 is 1. The molecule has 0 heterocycles. The number of ether oxygens (including phenoxy) is 1. The predicted octanol–water partition coefficient (Wildman–Crippen LogP) is -0.720. The number of Topliss-reactive ketones (excluding diaryl/α,β-unsaturated/α-hetero) is 4. The minimum absolute atomic E-state index is 0.0408. The van der Waals surface area contributed by atoms with Crippen LogP contribution in [0.2, 0.25) is 0 Å². The van der Waals surface area contributed by atoms with Crippen molar-refractivity contribution >= 4 is 29.0 Å². The highest BCUT2D eigenvalue weighted by atomic mass is 16.5. The number of fused-ring (bicyclic) bond motifs is 3. The van der Waals surface area contributed by atoms with Crippen LogP contribution in [0.3, 0.4) is 0 Å². The largest absolute Gasteiger partial charge is 0.507 e. The van der Waals surface area contributed by atoms with E-state index in [1.807, 2.05) is 6.92 Å². The first-order valence-electron chi connectivity index (χ1n) is 11.1. The summed E-state index contributed by atoms with van der Waals surface area (Å²) < 4.78 is 5.89. The second-order valence-electron chi connectivity index (χ2n) is 9.61. The minimum Gasteiger partial charge on any atom is -0.507 e. The Bertz CT molecular complexity index is 1120. The van der Waals surface area contributed by atoms with Crippen LogP contribution < -0.4 is 11.1 Å². The van der Waals surface area contributed by atoms with Crippen molar-refractivity contribution < 1.29 is 33.8 Å². The Labute approximate surface area is 196 Å². The molecule has 0 radical (unpaired) electrons. The Hall–Kier alpha value is -2.95. The van der Waals surface area contributed by atoms with Crippen molar-refractivity contribution in [3.05, 3.63) is 29.3 Å². The van der Waals surface area contributed by atoms with E-state index < -0.39 is 76.3 Å². The van der Waals surface area contributed by atoms with E-state index in [2.05, 4.69) is 5.32 Å². The standard InChI is InChI=1S/C24H29N3O7/c1-9-10-7-6-8-11(28)13(10)18(29)14-12(9)20(34-5)16-17(27(3)4)19(30)15(23(25)33)22(32)24(16,26-2)21(14)31/h6-9,12,14-17,20,26,28H,1-5H3,(H2,25,33)/t9-,12+,14?,15?,16-,17-,20+,24-/m0/s1. The normalized spacial score (nSPS) is 37.3. The van der Waals surface area contributed by atoms with Crippen molar-refractivity contribution in [3.63, 3.8) is 0 Å². The van der Waals surface area contributed by atoms with Crippen LogP contribution in [0.4, 0.5) is 0 Å². The summed E-state index contributed by atoms with van der Waals surface area (Å²) in [5.74, 6) is -9.69. The maximum atomic E-state index is 14.2. The van der Waals surface area contributed by atoms with E-state index in [0.29, 0.717) is 5.56 Å². The fourth-order valence-electron chi connectivity index (χ4n) is 6.66. The molecule has 1 amide bonds. The molecule has 182 valence electrons. The van der Waals surface area contributed by atoms with Crippen LogP contribution in [0.1, 0.15) is 28.8 Å². The van der Waals surface area contributed by atoms with E-state index in [1.165, 1.54) is 20.2 Å². The molecule has 2 saturated carbocycles. The van der Waals surface area contributed by atoms with Gasteiger partial charge in [-0.15, -0.1) is 0 Å². The number of primary amides is 1. The number of nitrogens with one attached hydrogen (secondary N) is 1. The maximum absolute atomic E-state index is 14.2. The van der Waals surface area contributed by atoms with Crippen molar-refractivity contribution in [1.29, 1.82) is 0 Å². The third-order valence-corrected chi connectivity index (χ3v) is 8.04. The number of carbonyl (C=O) groups is 5. The van der Waals surface area contributed by atoms with Crippen molar-refractivity contribution in [2.75, 3.05) is 28.3 Å². The van der Waals surface area contributed by atoms with Crippen LogP contribution in [0.25, 0.3) is 0 Å². The Morgan fingerprint density at radius 2 is 1.82 bits per heavy atom. The van der Waals surface area contributed by atoms with Gasteiger partial charge in [-0.05, 0) is 38.7 Å². The predicted molar refractivity (Wildman–Crippen MR) is 119 cm³/mol. The summed E-state index contributed by atoms with van der Waals surface area (Å²) >= 11 is 0. The van der Waals surface area contributed by atoms with Crippen molar-refractivity contribution in [2.24, 2.45) is 29.4 Å². The number of phenolic OH excluding ortho intramolecular Hbond substituents is 1. The molecule has 0 aromatic heterocycles. The van der Waals surface area contributed by atoms with Crippen molar-refractivity contribution in [2.45, 2.75) is 30.5 Å². The first-order valence-corrected chi connectivity index (χ1v) is 11.1. The molecule has 0 aliphatic heterocycles. The number of nitrogens with zero attached hydrogens (tertiary/aromatic N) is 1. The molecule has 0 spiro atoms. The smallest absolute Gasteiger partial charge is 0.235 e. The summed E-state index contributed by atoms with van der Waals surface area (Å²) in [6.45, 7) is 1.83. The molecule has 3 aliphatic rings. The summed E-state index contributed by atoms with van der Waals surface area (Å²) in [6, 6.07) is 3.66. The highest BCUT2D eigenvalue weighted by Gasteiger charge is 2.73. The van der Waals surface area contributed by atoms with Crippen molar-refractivity contribution in [1.82, 2.24) is 10.2 Å². The summed E-state index contributed by atoms with van der Waals surface area (Å²) in [6.07, 6.45) is -0.876. The number of rotatable bonds is 4. The fraction of sp³-hybridized carbons (Fsp3) is 0.542. The van der Waals surface area contributed by atoms with Gasteiger partial charge < -0.3 is 20.9 Å². The highest BCUT2D eigenvalue weighted by molar-refractivity contribution is 6.33. The molecule has 34 heavy (non-hydrogen) atoms. The average Bonchev–Trinajstić information content (AvgIpc) is 2.76. The molecular formula is C24H29N3O7. The molecule has 4 rings (SSSR count). The Morgan fingerprint density at radius 1 is 1.18 bits per heavy atom. The van der Waals surface area contributed by atoms with E-state index >= 15 is 0 Å². The van der Waals surface area contributed by atoms with E-state index in [1.54, 1.807) is 31.1 Å². The second kappa shape index (κ2) is 8.07. The lowest BCUT2D eigenvalue weighted by Gasteiger charge is -2.58. The molecule has 3 aliphatic carbocycles. The zero-order chi connectivity index (χ0) is 25.3. The topological polar surface area (TPSA) is 156 Å². The fourth-order valence-corrected chi connectivity index (χ4v) is 6.66. The molecule has 10 heteroatoms. The zero-order valence-electron chi connectivity index (χ0n) is 19.7. The third-order valence-electron chi connectivity index (χ3n) is 8.04. The van der Waals surface area contributed by atoms with E-state index in [9.17, 15) is 29.1 Å². The Morgan fingerprint density at radius 3 is 2.35 bits per heavy atom. The lowest BCUT2D eigenvalue weighted by Crippen LogP contribution is -2.81. The molecule has 1 aromatic carbocycles. The third kappa shape index (κ3) is 2.82. The molecule has 0 saturated heterocycles. The Balaban J connectivity index is 2.03. The monoisotopic (exact) mass is 471 g/mol. The Kier molecular flexibility index (Phi) is 5.74. The quantitative estimate of drug-likeness (QED) is 0.482. The molecule has 8 atom stereocenters. The van der Waals surface area contributed by atoms with E-state index in [-0.39, 0.29) is 11.3 Å². The van der Waals surface area contributed by atoms with E-state index in [0.717, 1.165) is 0 Å². The number of aromatic hydroxyl groups is 1. The van der Waals surface area contributed by atoms with Crippen LogP contribution in [0.5, 0.6) is 5.75 Å². The highest BCUT2D eigenvalue weighted by Crippen LogP contribution is 2.55. The van der Waals surface area contributed by atoms with Gasteiger partial charge in [-0.3, -0.25) is 28.9 Å². The lowest BCUT2D eigenvalue weighted by molar-refractivity contribution is -0.175. The number of ketones is 4. The minimum atomic E-state index is -2.05. The SMILES string of the molecule is CN[C@@]12C(=O)C(C(N)=O)C(=O)[C@@H](N(C)C)[C@H]1[C@H](OC)[C@H]1C(C(=O)c3c(O)cccc3[C@@H]1C)C2=O. The summed E-state index contributed by atoms with van der Waals surface area (Å²) in [5.41, 5.74) is 4.01. The number of phenols is 1. The van der Waals surface area contributed by atoms with Crippen molar-refractivity contribution in [3.8, 4) is 5.75 Å². The van der Waals surface area contributed by atoms with Gasteiger partial charge in [0.2, 0.25) is 5.91 Å². The summed E-state index contributed by atoms with van der Waals surface area (Å²) in [4.78, 5) is 68.8. The molecule has 2 fully saturated rings. The number of hydrogen-bond acceptors (Lipinski definition) is 9. The molecule has 1 aromatic rings. The number of benzene rings is 1. The first kappa shape index (κ1) is 24.2. The molecule has 4 N–H and O–H groups in total. The van der Waals surface area contributed by atoms with Gasteiger partial charge in [0.1, 0.15) is 11.3 Å². The number of carbonyl (C=O) groups excluding carboxylic acids is 5. The zero-order valence-corrected chi connectivity index (χ0v) is 19.7. The summed E-state index contributed by atoms with van der Waals surface area (Å²) in [7, 11) is 6.03. The van der Waals surface area contributed by atoms with Gasteiger partial charge in [-0.2, -0.15) is 0 Å². The lowest BCUT2D eigenvalue weighted by atomic mass is 9.48. The average molecular weight is 472 g/mol. The van der Waals surface area contributed by atoms with Crippen LogP contribution in [0.15, 0.2) is 18.2 Å². The molecule has 10 nitrogen and oxygen atoms in total. The van der Waals surface area contributed by atoms with Crippen LogP contribution in [-0.2, 0) is 23.9 Å². The van der Waals surface area contributed by atoms with Gasteiger partial charge in [0.25, 0.3) is 0 Å². The van der Waals surface area contributed by atoms with Gasteiger partial charge in [0.05, 0.1) is 23.6 Å². The summed E-state index contributed by atoms with van der Waals surface area (Å²) in [5, 5.41) is 13.3. The van der Waals surface area contributed by atoms with E-state index in [4.69, 9.17) is 10.5 Å². The molecule has 0 bridgehead atoms. The number of hydrogen-bond donors (Lipinski definition) is 3. The molecular weight excluding hydrogens is 442 g/mol. The second-order valence-corrected chi connectivity index (χ2v) is 9.61. The number of likely N-dealkylation sites (N-methyl/N-ethyl adjacent to an activating group) is 2. The van der Waals surface area contributed by atoms with Crippen LogP contribution in [0, 0.1) is 23.7 Å². The van der Waals surface area contributed by atoms with Gasteiger partial charge >= 0.3 is 0 Å². The van der Waals surface area contributed by atoms with Gasteiger partial charge in [-0.25, -0.2) is 0 Å². The van der Waals surface area contributed by atoms with Crippen LogP contribution >= 0.6 is 0 Å². The number of amides is 1. The maximum Gasteiger partial charge on any atom is 0.235 e. The van der Waals surface area contributed by atoms with Crippen LogP contribution in [-0.4, -0.2) is 85.0 Å². The van der Waals surface area contributed by atoms with Gasteiger partial charge in [-0.1, -0.05) is 19.1 Å². The van der Waals surface area contributed by atoms with Gasteiger partial charge in [0.15, 0.2) is 29.1 Å². The molecule has 2 unspecified atom stereocenters. The van der Waals surface area contributed by atoms with Gasteiger partial charge in [0, 0.05) is 18.9 Å². The first-order chi connectivity index (χ1) is 16.0.